The maximum Gasteiger partial charge on any atom is 0.367 e. The molecule has 2 aromatic rings. The fraction of sp³-hybridized carbons (Fsp3) is 0.286. The van der Waals surface area contributed by atoms with E-state index in [4.69, 9.17) is 11.6 Å². The number of nitrogens with zero attached hydrogens (tertiary/aromatic N) is 4. The third-order valence-electron chi connectivity index (χ3n) is 1.80. The van der Waals surface area contributed by atoms with Crippen LogP contribution in [0.2, 0.25) is 5.15 Å². The molecule has 0 N–H and O–H groups in total. The minimum Gasteiger partial charge on any atom is -0.203 e. The van der Waals surface area contributed by atoms with E-state index in [2.05, 4.69) is 15.3 Å². The smallest absolute Gasteiger partial charge is 0.203 e. The van der Waals surface area contributed by atoms with Crippen LogP contribution in [-0.4, -0.2) is 26.2 Å². The van der Waals surface area contributed by atoms with E-state index in [9.17, 15) is 17.6 Å². The first-order chi connectivity index (χ1) is 7.43. The average Bonchev–Trinajstić information content (AvgIpc) is 2.60. The average molecular weight is 255 g/mol. The van der Waals surface area contributed by atoms with Gasteiger partial charge in [0.25, 0.3) is 0 Å². The molecule has 86 valence electrons. The maximum atomic E-state index is 13.0. The molecule has 9 heteroatoms. The summed E-state index contributed by atoms with van der Waals surface area (Å²) in [6.45, 7) is 0. The van der Waals surface area contributed by atoms with Gasteiger partial charge >= 0.3 is 12.3 Å². The van der Waals surface area contributed by atoms with Crippen molar-refractivity contribution in [3.63, 3.8) is 0 Å². The number of fused-ring (bicyclic) bond motifs is 1. The molecule has 0 radical (unpaired) electrons. The van der Waals surface area contributed by atoms with Crippen molar-refractivity contribution < 1.29 is 17.6 Å². The third-order valence-corrected chi connectivity index (χ3v) is 2.00. The molecule has 0 atom stereocenters. The zero-order chi connectivity index (χ0) is 11.9. The second kappa shape index (κ2) is 3.55. The molecule has 0 fully saturated rings. The highest BCUT2D eigenvalue weighted by Gasteiger charge is 2.47. The van der Waals surface area contributed by atoms with Crippen LogP contribution in [0.25, 0.3) is 5.65 Å². The molecule has 0 saturated carbocycles. The Labute approximate surface area is 90.8 Å². The van der Waals surface area contributed by atoms with E-state index in [1.54, 1.807) is 0 Å². The summed E-state index contributed by atoms with van der Waals surface area (Å²) in [5.41, 5.74) is -0.0836. The van der Waals surface area contributed by atoms with Crippen molar-refractivity contribution >= 4 is 17.2 Å². The van der Waals surface area contributed by atoms with Gasteiger partial charge in [-0.2, -0.15) is 18.4 Å². The molecule has 0 amide bonds. The Morgan fingerprint density at radius 2 is 1.94 bits per heavy atom. The van der Waals surface area contributed by atoms with Crippen LogP contribution in [0.5, 0.6) is 0 Å². The largest absolute Gasteiger partial charge is 0.367 e. The van der Waals surface area contributed by atoms with E-state index in [0.717, 1.165) is 0 Å². The first kappa shape index (κ1) is 11.1. The molecule has 0 saturated heterocycles. The van der Waals surface area contributed by atoms with Crippen LogP contribution >= 0.6 is 11.6 Å². The van der Waals surface area contributed by atoms with E-state index in [0.29, 0.717) is 4.52 Å². The fourth-order valence-corrected chi connectivity index (χ4v) is 1.21. The van der Waals surface area contributed by atoms with E-state index >= 15 is 0 Å². The molecule has 4 nitrogen and oxygen atoms in total. The van der Waals surface area contributed by atoms with Gasteiger partial charge in [0.05, 0.1) is 0 Å². The lowest BCUT2D eigenvalue weighted by atomic mass is 10.3. The molecule has 2 heterocycles. The van der Waals surface area contributed by atoms with Crippen molar-refractivity contribution in [1.82, 2.24) is 19.8 Å². The SMILES string of the molecule is FC(F)C(F)(F)c1nnc2ccc(Cl)nn12. The monoisotopic (exact) mass is 254 g/mol. The Hall–Kier alpha value is -1.44. The van der Waals surface area contributed by atoms with Crippen LogP contribution in [0, 0.1) is 0 Å². The van der Waals surface area contributed by atoms with Crippen molar-refractivity contribution in [2.24, 2.45) is 0 Å². The van der Waals surface area contributed by atoms with Crippen LogP contribution in [0.15, 0.2) is 12.1 Å². The molecule has 0 aliphatic rings. The highest BCUT2D eigenvalue weighted by Crippen LogP contribution is 2.33. The van der Waals surface area contributed by atoms with Gasteiger partial charge in [0.2, 0.25) is 5.82 Å². The first-order valence-corrected chi connectivity index (χ1v) is 4.35. The van der Waals surface area contributed by atoms with Crippen molar-refractivity contribution in [2.45, 2.75) is 12.3 Å². The van der Waals surface area contributed by atoms with Gasteiger partial charge in [-0.1, -0.05) is 11.6 Å². The first-order valence-electron chi connectivity index (χ1n) is 3.97. The van der Waals surface area contributed by atoms with E-state index in [-0.39, 0.29) is 10.8 Å². The maximum absolute atomic E-state index is 13.0. The number of hydrogen-bond donors (Lipinski definition) is 0. The topological polar surface area (TPSA) is 43.1 Å². The number of halogens is 5. The summed E-state index contributed by atoms with van der Waals surface area (Å²) < 4.78 is 50.8. The summed E-state index contributed by atoms with van der Waals surface area (Å²) in [5.74, 6) is -5.66. The van der Waals surface area contributed by atoms with Crippen molar-refractivity contribution in [3.8, 4) is 0 Å². The molecule has 0 unspecified atom stereocenters. The van der Waals surface area contributed by atoms with Gasteiger partial charge in [-0.15, -0.1) is 10.2 Å². The molecule has 2 rings (SSSR count). The molecule has 2 aromatic heterocycles. The van der Waals surface area contributed by atoms with E-state index in [1.165, 1.54) is 12.1 Å². The number of hydrogen-bond acceptors (Lipinski definition) is 3. The summed E-state index contributed by atoms with van der Waals surface area (Å²) in [6, 6.07) is 2.53. The zero-order valence-electron chi connectivity index (χ0n) is 7.41. The molecule has 16 heavy (non-hydrogen) atoms. The second-order valence-electron chi connectivity index (χ2n) is 2.87. The Morgan fingerprint density at radius 1 is 1.25 bits per heavy atom. The lowest BCUT2D eigenvalue weighted by molar-refractivity contribution is -0.142. The second-order valence-corrected chi connectivity index (χ2v) is 3.26. The summed E-state index contributed by atoms with van der Waals surface area (Å²) in [4.78, 5) is 0. The standard InChI is InChI=1S/C7H3ClF4N4/c8-3-1-2-4-13-14-6(16(4)15-3)7(11,12)5(9)10/h1-2,5H. The minimum atomic E-state index is -4.42. The van der Waals surface area contributed by atoms with Gasteiger partial charge in [0.1, 0.15) is 5.15 Å². The lowest BCUT2D eigenvalue weighted by Gasteiger charge is -2.11. The summed E-state index contributed by atoms with van der Waals surface area (Å²) in [6.07, 6.45) is -3.89. The summed E-state index contributed by atoms with van der Waals surface area (Å²) >= 11 is 5.46. The quantitative estimate of drug-likeness (QED) is 0.771. The molecule has 0 bridgehead atoms. The molecule has 0 aromatic carbocycles. The molecular weight excluding hydrogens is 252 g/mol. The van der Waals surface area contributed by atoms with Crippen molar-refractivity contribution in [2.75, 3.05) is 0 Å². The third kappa shape index (κ3) is 1.58. The van der Waals surface area contributed by atoms with E-state index in [1.807, 2.05) is 0 Å². The highest BCUT2D eigenvalue weighted by molar-refractivity contribution is 6.29. The van der Waals surface area contributed by atoms with Crippen molar-refractivity contribution in [3.05, 3.63) is 23.1 Å². The molecular formula is C7H3ClF4N4. The Bertz CT molecular complexity index is 526. The number of aromatic nitrogens is 4. The summed E-state index contributed by atoms with van der Waals surface area (Å²) in [5, 5.41) is 9.58. The van der Waals surface area contributed by atoms with Crippen molar-refractivity contribution in [1.29, 1.82) is 0 Å². The van der Waals surface area contributed by atoms with Crippen LogP contribution in [0.4, 0.5) is 17.6 Å². The lowest BCUT2D eigenvalue weighted by Crippen LogP contribution is -2.27. The number of alkyl halides is 4. The molecule has 0 aliphatic heterocycles. The van der Waals surface area contributed by atoms with Crippen LogP contribution < -0.4 is 0 Å². The van der Waals surface area contributed by atoms with Gasteiger partial charge in [0.15, 0.2) is 5.65 Å². The molecule has 0 aliphatic carbocycles. The van der Waals surface area contributed by atoms with Crippen LogP contribution in [0.1, 0.15) is 5.82 Å². The zero-order valence-corrected chi connectivity index (χ0v) is 8.17. The van der Waals surface area contributed by atoms with E-state index < -0.39 is 18.2 Å². The van der Waals surface area contributed by atoms with Gasteiger partial charge in [-0.3, -0.25) is 0 Å². The summed E-state index contributed by atoms with van der Waals surface area (Å²) in [7, 11) is 0. The van der Waals surface area contributed by atoms with Crippen LogP contribution in [-0.2, 0) is 5.92 Å². The predicted molar refractivity (Wildman–Crippen MR) is 45.7 cm³/mol. The van der Waals surface area contributed by atoms with Crippen LogP contribution in [0.3, 0.4) is 0 Å². The van der Waals surface area contributed by atoms with Gasteiger partial charge in [0, 0.05) is 0 Å². The Balaban J connectivity index is 2.65. The fourth-order valence-electron chi connectivity index (χ4n) is 1.07. The normalized spacial score (nSPS) is 12.6. The Kier molecular flexibility index (Phi) is 2.45. The van der Waals surface area contributed by atoms with Gasteiger partial charge < -0.3 is 0 Å². The Morgan fingerprint density at radius 3 is 2.56 bits per heavy atom. The highest BCUT2D eigenvalue weighted by atomic mass is 35.5. The van der Waals surface area contributed by atoms with Gasteiger partial charge in [-0.25, -0.2) is 8.78 Å². The number of rotatable bonds is 2. The predicted octanol–water partition coefficient (Wildman–Crippen LogP) is 2.13. The molecule has 0 spiro atoms. The minimum absolute atomic E-state index is 0.0836. The van der Waals surface area contributed by atoms with Gasteiger partial charge in [-0.05, 0) is 12.1 Å².